The highest BCUT2D eigenvalue weighted by molar-refractivity contribution is 8.27. The Kier molecular flexibility index (Phi) is 4.66. The van der Waals surface area contributed by atoms with Gasteiger partial charge in [-0.05, 0) is 47.0 Å². The van der Waals surface area contributed by atoms with Gasteiger partial charge in [-0.15, -0.1) is 0 Å². The molecule has 0 aliphatic carbocycles. The third-order valence-corrected chi connectivity index (χ3v) is 6.00. The van der Waals surface area contributed by atoms with Crippen LogP contribution in [0.3, 0.4) is 0 Å². The topological polar surface area (TPSA) is 68.9 Å². The number of fused-ring (bicyclic) bond motifs is 2. The third kappa shape index (κ3) is 3.10. The number of amidine groups is 2. The Morgan fingerprint density at radius 1 is 1.15 bits per heavy atom. The molecule has 2 aromatic rings. The first-order chi connectivity index (χ1) is 13.1. The summed E-state index contributed by atoms with van der Waals surface area (Å²) in [6.07, 6.45) is 3.70. The van der Waals surface area contributed by atoms with Crippen molar-refractivity contribution < 1.29 is 4.79 Å². The van der Waals surface area contributed by atoms with Gasteiger partial charge in [-0.1, -0.05) is 56.3 Å². The molecule has 4 rings (SSSR count). The van der Waals surface area contributed by atoms with Crippen molar-refractivity contribution >= 4 is 50.6 Å². The van der Waals surface area contributed by atoms with Gasteiger partial charge in [0.2, 0.25) is 5.17 Å². The molecule has 0 fully saturated rings. The molecule has 0 atom stereocenters. The Hall–Kier alpha value is -2.73. The van der Waals surface area contributed by atoms with Gasteiger partial charge in [-0.2, -0.15) is 15.1 Å². The SMILES string of the molecule is CCC(CC)C1=NN2C(=N)C(=Cc3cccc4ccccc34)C(=O)N=C2S1. The van der Waals surface area contributed by atoms with Crippen LogP contribution in [0.2, 0.25) is 0 Å². The number of hydrazone groups is 1. The van der Waals surface area contributed by atoms with Crippen molar-refractivity contribution in [2.24, 2.45) is 16.0 Å². The second kappa shape index (κ2) is 7.12. The van der Waals surface area contributed by atoms with E-state index in [0.29, 0.717) is 11.1 Å². The second-order valence-corrected chi connectivity index (χ2v) is 7.53. The van der Waals surface area contributed by atoms with Crippen LogP contribution in [0.1, 0.15) is 32.3 Å². The van der Waals surface area contributed by atoms with Crippen molar-refractivity contribution in [1.29, 1.82) is 5.41 Å². The maximum Gasteiger partial charge on any atom is 0.283 e. The third-order valence-electron chi connectivity index (χ3n) is 4.93. The van der Waals surface area contributed by atoms with Gasteiger partial charge in [-0.3, -0.25) is 10.2 Å². The minimum absolute atomic E-state index is 0.0893. The van der Waals surface area contributed by atoms with Crippen LogP contribution in [0.5, 0.6) is 0 Å². The zero-order chi connectivity index (χ0) is 19.0. The van der Waals surface area contributed by atoms with Crippen LogP contribution in [-0.4, -0.2) is 27.0 Å². The van der Waals surface area contributed by atoms with E-state index in [1.165, 1.54) is 16.8 Å². The van der Waals surface area contributed by atoms with E-state index in [0.717, 1.165) is 34.2 Å². The van der Waals surface area contributed by atoms with Gasteiger partial charge < -0.3 is 0 Å². The van der Waals surface area contributed by atoms with Crippen LogP contribution in [0.25, 0.3) is 16.8 Å². The number of aliphatic imine (C=N–C) groups is 1. The molecule has 6 heteroatoms. The number of rotatable bonds is 4. The van der Waals surface area contributed by atoms with Crippen molar-refractivity contribution in [3.63, 3.8) is 0 Å². The monoisotopic (exact) mass is 376 g/mol. The number of amides is 1. The molecule has 2 aliphatic rings. The van der Waals surface area contributed by atoms with Crippen LogP contribution in [-0.2, 0) is 4.79 Å². The Morgan fingerprint density at radius 2 is 1.89 bits per heavy atom. The maximum atomic E-state index is 12.6. The van der Waals surface area contributed by atoms with Crippen molar-refractivity contribution in [3.05, 3.63) is 53.6 Å². The van der Waals surface area contributed by atoms with Crippen molar-refractivity contribution in [1.82, 2.24) is 5.01 Å². The summed E-state index contributed by atoms with van der Waals surface area (Å²) in [4.78, 5) is 16.8. The summed E-state index contributed by atoms with van der Waals surface area (Å²) in [5.74, 6) is 0.0378. The number of nitrogens with one attached hydrogen (secondary N) is 1. The largest absolute Gasteiger partial charge is 0.283 e. The quantitative estimate of drug-likeness (QED) is 0.772. The fourth-order valence-corrected chi connectivity index (χ4v) is 4.50. The molecule has 0 saturated carbocycles. The molecule has 1 N–H and O–H groups in total. The molecule has 0 saturated heterocycles. The Balaban J connectivity index is 1.74. The van der Waals surface area contributed by atoms with Gasteiger partial charge in [0, 0.05) is 5.92 Å². The number of thioether (sulfide) groups is 1. The van der Waals surface area contributed by atoms with Crippen LogP contribution in [0.4, 0.5) is 0 Å². The smallest absolute Gasteiger partial charge is 0.282 e. The minimum Gasteiger partial charge on any atom is -0.282 e. The number of carbonyl (C=O) groups is 1. The summed E-state index contributed by atoms with van der Waals surface area (Å²) in [5.41, 5.74) is 1.17. The van der Waals surface area contributed by atoms with Crippen LogP contribution >= 0.6 is 11.8 Å². The maximum absolute atomic E-state index is 12.6. The van der Waals surface area contributed by atoms with Crippen LogP contribution in [0.15, 0.2) is 58.1 Å². The fraction of sp³-hybridized carbons (Fsp3) is 0.238. The first kappa shape index (κ1) is 17.7. The number of benzene rings is 2. The van der Waals surface area contributed by atoms with Gasteiger partial charge in [0.05, 0.1) is 5.57 Å². The van der Waals surface area contributed by atoms with Crippen LogP contribution < -0.4 is 0 Å². The van der Waals surface area contributed by atoms with Crippen LogP contribution in [0, 0.1) is 11.3 Å². The molecule has 2 aromatic carbocycles. The van der Waals surface area contributed by atoms with E-state index in [1.54, 1.807) is 6.08 Å². The molecule has 0 spiro atoms. The zero-order valence-electron chi connectivity index (χ0n) is 15.3. The van der Waals surface area contributed by atoms with Gasteiger partial charge in [-0.25, -0.2) is 0 Å². The number of carbonyl (C=O) groups excluding carboxylic acids is 1. The second-order valence-electron chi connectivity index (χ2n) is 6.54. The van der Waals surface area contributed by atoms with Gasteiger partial charge >= 0.3 is 0 Å². The fourth-order valence-electron chi connectivity index (χ4n) is 3.34. The summed E-state index contributed by atoms with van der Waals surface area (Å²) in [6.45, 7) is 4.25. The normalized spacial score (nSPS) is 18.3. The van der Waals surface area contributed by atoms with E-state index < -0.39 is 0 Å². The lowest BCUT2D eigenvalue weighted by Gasteiger charge is -2.20. The highest BCUT2D eigenvalue weighted by Crippen LogP contribution is 2.33. The predicted molar refractivity (Wildman–Crippen MR) is 113 cm³/mol. The number of hydrogen-bond acceptors (Lipinski definition) is 4. The summed E-state index contributed by atoms with van der Waals surface area (Å²) >= 11 is 1.41. The Bertz CT molecular complexity index is 1030. The minimum atomic E-state index is -0.382. The van der Waals surface area contributed by atoms with E-state index in [4.69, 9.17) is 5.41 Å². The predicted octanol–water partition coefficient (Wildman–Crippen LogP) is 4.90. The van der Waals surface area contributed by atoms with Crippen molar-refractivity contribution in [2.45, 2.75) is 26.7 Å². The van der Waals surface area contributed by atoms with E-state index in [9.17, 15) is 4.79 Å². The number of nitrogens with zero attached hydrogens (tertiary/aromatic N) is 3. The molecular weight excluding hydrogens is 356 g/mol. The molecular formula is C21H20N4OS. The average molecular weight is 376 g/mol. The molecule has 2 heterocycles. The highest BCUT2D eigenvalue weighted by atomic mass is 32.2. The molecule has 0 aromatic heterocycles. The first-order valence-corrected chi connectivity index (χ1v) is 9.92. The average Bonchev–Trinajstić information content (AvgIpc) is 3.10. The molecule has 2 aliphatic heterocycles. The molecule has 0 bridgehead atoms. The lowest BCUT2D eigenvalue weighted by Crippen LogP contribution is -2.35. The molecule has 5 nitrogen and oxygen atoms in total. The van der Waals surface area contributed by atoms with E-state index in [1.807, 2.05) is 42.5 Å². The summed E-state index contributed by atoms with van der Waals surface area (Å²) in [7, 11) is 0. The molecule has 0 radical (unpaired) electrons. The van der Waals surface area contributed by atoms with Crippen molar-refractivity contribution in [2.75, 3.05) is 0 Å². The highest BCUT2D eigenvalue weighted by Gasteiger charge is 2.37. The van der Waals surface area contributed by atoms with Gasteiger partial charge in [0.15, 0.2) is 5.84 Å². The van der Waals surface area contributed by atoms with E-state index in [-0.39, 0.29) is 17.3 Å². The van der Waals surface area contributed by atoms with E-state index >= 15 is 0 Å². The first-order valence-electron chi connectivity index (χ1n) is 9.10. The number of hydrogen-bond donors (Lipinski definition) is 1. The molecule has 136 valence electrons. The van der Waals surface area contributed by atoms with Gasteiger partial charge in [0.1, 0.15) is 5.04 Å². The lowest BCUT2D eigenvalue weighted by molar-refractivity contribution is -0.114. The lowest BCUT2D eigenvalue weighted by atomic mass is 10.0. The van der Waals surface area contributed by atoms with E-state index in [2.05, 4.69) is 23.9 Å². The molecule has 27 heavy (non-hydrogen) atoms. The summed E-state index contributed by atoms with van der Waals surface area (Å²) in [5, 5.41) is 18.2. The van der Waals surface area contributed by atoms with Gasteiger partial charge in [0.25, 0.3) is 5.91 Å². The van der Waals surface area contributed by atoms with Crippen molar-refractivity contribution in [3.8, 4) is 0 Å². The summed E-state index contributed by atoms with van der Waals surface area (Å²) < 4.78 is 0. The molecule has 1 amide bonds. The Labute approximate surface area is 162 Å². The standard InChI is InChI=1S/C21H20N4OS/c1-3-13(4-2)20-24-25-18(22)17(19(26)23-21(25)27-20)12-15-10-7-9-14-8-5-6-11-16(14)15/h5-13,22H,3-4H2,1-2H3. The zero-order valence-corrected chi connectivity index (χ0v) is 16.1. The summed E-state index contributed by atoms with van der Waals surface area (Å²) in [6, 6.07) is 13.9. The molecule has 0 unspecified atom stereocenters. The Morgan fingerprint density at radius 3 is 2.67 bits per heavy atom.